The summed E-state index contributed by atoms with van der Waals surface area (Å²) >= 11 is 0. The summed E-state index contributed by atoms with van der Waals surface area (Å²) in [6.45, 7) is 0.0304. The van der Waals surface area contributed by atoms with Crippen LogP contribution in [0.1, 0.15) is 37.8 Å². The summed E-state index contributed by atoms with van der Waals surface area (Å²) in [5, 5.41) is 9.47. The molecule has 2 aliphatic carbocycles. The standard InChI is InChI=1S/C21H23NO2/c23-20(24)15-22-18(17-8-2-1-3-9-17)10-11-19(22)21-12-4-6-16(14-21)7-5-13-21/h1-4,6,8-11,16H,5,7,12-15H2,(H,23,24). The van der Waals surface area contributed by atoms with Gasteiger partial charge in [-0.25, -0.2) is 0 Å². The molecule has 24 heavy (non-hydrogen) atoms. The molecule has 1 N–H and O–H groups in total. The van der Waals surface area contributed by atoms with Crippen LogP contribution in [0, 0.1) is 5.92 Å². The van der Waals surface area contributed by atoms with Gasteiger partial charge in [-0.3, -0.25) is 4.79 Å². The van der Waals surface area contributed by atoms with Gasteiger partial charge in [0.1, 0.15) is 6.54 Å². The molecule has 4 rings (SSSR count). The van der Waals surface area contributed by atoms with Crippen molar-refractivity contribution in [3.63, 3.8) is 0 Å². The Morgan fingerprint density at radius 3 is 2.83 bits per heavy atom. The zero-order chi connectivity index (χ0) is 16.6. The van der Waals surface area contributed by atoms with E-state index in [1.165, 1.54) is 18.5 Å². The Labute approximate surface area is 142 Å². The first-order valence-electron chi connectivity index (χ1n) is 8.82. The van der Waals surface area contributed by atoms with Crippen molar-refractivity contribution in [2.24, 2.45) is 5.92 Å². The number of hydrogen-bond donors (Lipinski definition) is 1. The summed E-state index contributed by atoms with van der Waals surface area (Å²) in [5.41, 5.74) is 3.41. The summed E-state index contributed by atoms with van der Waals surface area (Å²) < 4.78 is 2.04. The summed E-state index contributed by atoms with van der Waals surface area (Å²) in [6.07, 6.45) is 10.5. The van der Waals surface area contributed by atoms with Gasteiger partial charge in [-0.05, 0) is 49.3 Å². The molecule has 0 amide bonds. The third-order valence-electron chi connectivity index (χ3n) is 5.69. The summed E-state index contributed by atoms with van der Waals surface area (Å²) in [7, 11) is 0. The first-order chi connectivity index (χ1) is 11.7. The van der Waals surface area contributed by atoms with Crippen LogP contribution < -0.4 is 0 Å². The highest BCUT2D eigenvalue weighted by molar-refractivity contribution is 5.70. The van der Waals surface area contributed by atoms with E-state index < -0.39 is 5.97 Å². The molecule has 2 atom stereocenters. The minimum absolute atomic E-state index is 0.0304. The Bertz CT molecular complexity index is 774. The summed E-state index contributed by atoms with van der Waals surface area (Å²) in [6, 6.07) is 14.4. The van der Waals surface area contributed by atoms with Gasteiger partial charge < -0.3 is 9.67 Å². The second-order valence-corrected chi connectivity index (χ2v) is 7.22. The Morgan fingerprint density at radius 2 is 2.04 bits per heavy atom. The van der Waals surface area contributed by atoms with E-state index in [1.807, 2.05) is 22.8 Å². The van der Waals surface area contributed by atoms with E-state index in [9.17, 15) is 9.90 Å². The fourth-order valence-corrected chi connectivity index (χ4v) is 4.68. The van der Waals surface area contributed by atoms with Crippen molar-refractivity contribution in [1.29, 1.82) is 0 Å². The predicted molar refractivity (Wildman–Crippen MR) is 94.9 cm³/mol. The van der Waals surface area contributed by atoms with E-state index in [0.717, 1.165) is 30.5 Å². The number of aliphatic carboxylic acids is 1. The van der Waals surface area contributed by atoms with Crippen molar-refractivity contribution in [3.8, 4) is 11.3 Å². The number of carboxylic acids is 1. The maximum Gasteiger partial charge on any atom is 0.323 e. The van der Waals surface area contributed by atoms with Crippen LogP contribution in [0.4, 0.5) is 0 Å². The first-order valence-corrected chi connectivity index (χ1v) is 8.82. The van der Waals surface area contributed by atoms with Crippen LogP contribution in [0.15, 0.2) is 54.6 Å². The van der Waals surface area contributed by atoms with E-state index in [4.69, 9.17) is 0 Å². The molecule has 3 heteroatoms. The van der Waals surface area contributed by atoms with E-state index in [2.05, 4.69) is 36.4 Å². The van der Waals surface area contributed by atoms with E-state index in [-0.39, 0.29) is 12.0 Å². The van der Waals surface area contributed by atoms with Crippen molar-refractivity contribution in [2.75, 3.05) is 0 Å². The smallest absolute Gasteiger partial charge is 0.323 e. The molecular weight excluding hydrogens is 298 g/mol. The number of nitrogens with zero attached hydrogens (tertiary/aromatic N) is 1. The molecule has 2 unspecified atom stereocenters. The lowest BCUT2D eigenvalue weighted by molar-refractivity contribution is -0.137. The van der Waals surface area contributed by atoms with E-state index >= 15 is 0 Å². The summed E-state index contributed by atoms with van der Waals surface area (Å²) in [5.74, 6) is -0.124. The van der Waals surface area contributed by atoms with Crippen LogP contribution >= 0.6 is 0 Å². The first kappa shape index (κ1) is 15.3. The number of benzene rings is 1. The van der Waals surface area contributed by atoms with Gasteiger partial charge in [-0.15, -0.1) is 0 Å². The number of hydrogen-bond acceptors (Lipinski definition) is 1. The highest BCUT2D eigenvalue weighted by Crippen LogP contribution is 2.48. The fourth-order valence-electron chi connectivity index (χ4n) is 4.68. The Hall–Kier alpha value is -2.29. The van der Waals surface area contributed by atoms with Gasteiger partial charge >= 0.3 is 5.97 Å². The SMILES string of the molecule is O=C(O)Cn1c(-c2ccccc2)ccc1C12CC=CC(CCC1)C2. The van der Waals surface area contributed by atoms with Gasteiger partial charge in [-0.2, -0.15) is 0 Å². The van der Waals surface area contributed by atoms with Crippen molar-refractivity contribution < 1.29 is 9.90 Å². The van der Waals surface area contributed by atoms with E-state index in [1.54, 1.807) is 0 Å². The molecule has 1 heterocycles. The average molecular weight is 321 g/mol. The van der Waals surface area contributed by atoms with Crippen LogP contribution in [-0.2, 0) is 16.8 Å². The zero-order valence-corrected chi connectivity index (χ0v) is 13.8. The number of fused-ring (bicyclic) bond motifs is 2. The van der Waals surface area contributed by atoms with Gasteiger partial charge in [0, 0.05) is 16.8 Å². The highest BCUT2D eigenvalue weighted by atomic mass is 16.4. The van der Waals surface area contributed by atoms with Crippen LogP contribution in [0.2, 0.25) is 0 Å². The second kappa shape index (κ2) is 5.97. The van der Waals surface area contributed by atoms with Crippen molar-refractivity contribution in [1.82, 2.24) is 4.57 Å². The number of carbonyl (C=O) groups is 1. The van der Waals surface area contributed by atoms with Gasteiger partial charge in [0.05, 0.1) is 0 Å². The number of allylic oxidation sites excluding steroid dienone is 2. The minimum atomic E-state index is -0.778. The lowest BCUT2D eigenvalue weighted by Crippen LogP contribution is -2.37. The van der Waals surface area contributed by atoms with E-state index in [0.29, 0.717) is 5.92 Å². The molecule has 124 valence electrons. The molecule has 0 aliphatic heterocycles. The lowest BCUT2D eigenvalue weighted by Gasteiger charge is -2.43. The molecule has 2 bridgehead atoms. The lowest BCUT2D eigenvalue weighted by atomic mass is 9.63. The third-order valence-corrected chi connectivity index (χ3v) is 5.69. The zero-order valence-electron chi connectivity index (χ0n) is 13.8. The number of rotatable bonds is 4. The Kier molecular flexibility index (Phi) is 3.79. The van der Waals surface area contributed by atoms with Crippen LogP contribution in [0.25, 0.3) is 11.3 Å². The highest BCUT2D eigenvalue weighted by Gasteiger charge is 2.40. The van der Waals surface area contributed by atoms with Gasteiger partial charge in [0.2, 0.25) is 0 Å². The molecule has 1 saturated carbocycles. The molecule has 3 nitrogen and oxygen atoms in total. The maximum absolute atomic E-state index is 11.5. The second-order valence-electron chi connectivity index (χ2n) is 7.22. The Morgan fingerprint density at radius 1 is 1.21 bits per heavy atom. The molecule has 0 spiro atoms. The van der Waals surface area contributed by atoms with Crippen molar-refractivity contribution in [3.05, 3.63) is 60.3 Å². The largest absolute Gasteiger partial charge is 0.480 e. The fraction of sp³-hybridized carbons (Fsp3) is 0.381. The predicted octanol–water partition coefficient (Wildman–Crippen LogP) is 4.63. The number of aromatic nitrogens is 1. The number of carboxylic acid groups (broad SMARTS) is 1. The molecule has 2 aliphatic rings. The third kappa shape index (κ3) is 2.58. The molecule has 1 fully saturated rings. The van der Waals surface area contributed by atoms with Crippen molar-refractivity contribution in [2.45, 2.75) is 44.1 Å². The quantitative estimate of drug-likeness (QED) is 0.834. The van der Waals surface area contributed by atoms with Crippen molar-refractivity contribution >= 4 is 5.97 Å². The molecule has 1 aromatic heterocycles. The summed E-state index contributed by atoms with van der Waals surface area (Å²) in [4.78, 5) is 11.5. The Balaban J connectivity index is 1.82. The molecule has 0 radical (unpaired) electrons. The van der Waals surface area contributed by atoms with Crippen LogP contribution in [0.3, 0.4) is 0 Å². The maximum atomic E-state index is 11.5. The van der Waals surface area contributed by atoms with Gasteiger partial charge in [0.25, 0.3) is 0 Å². The molecule has 2 aromatic rings. The average Bonchev–Trinajstić information content (AvgIpc) is 2.99. The van der Waals surface area contributed by atoms with Crippen LogP contribution in [-0.4, -0.2) is 15.6 Å². The molecule has 1 aromatic carbocycles. The monoisotopic (exact) mass is 321 g/mol. The van der Waals surface area contributed by atoms with Gasteiger partial charge in [-0.1, -0.05) is 48.9 Å². The topological polar surface area (TPSA) is 42.2 Å². The molecule has 0 saturated heterocycles. The normalized spacial score (nSPS) is 25.6. The van der Waals surface area contributed by atoms with Gasteiger partial charge in [0.15, 0.2) is 0 Å². The van der Waals surface area contributed by atoms with Crippen LogP contribution in [0.5, 0.6) is 0 Å². The minimum Gasteiger partial charge on any atom is -0.480 e. The molecular formula is C21H23NO2.